The Morgan fingerprint density at radius 2 is 1.76 bits per heavy atom. The number of rotatable bonds is 9. The minimum atomic E-state index is -2.87. The summed E-state index contributed by atoms with van der Waals surface area (Å²) in [6, 6.07) is 0. The molecule has 2 N–H and O–H groups in total. The van der Waals surface area contributed by atoms with Crippen LogP contribution in [-0.4, -0.2) is 51.0 Å². The van der Waals surface area contributed by atoms with Crippen LogP contribution in [0.2, 0.25) is 0 Å². The highest BCUT2D eigenvalue weighted by Crippen LogP contribution is 2.15. The van der Waals surface area contributed by atoms with Crippen molar-refractivity contribution >= 4 is 9.84 Å². The second-order valence-corrected chi connectivity index (χ2v) is 7.85. The van der Waals surface area contributed by atoms with Gasteiger partial charge in [-0.2, -0.15) is 0 Å². The summed E-state index contributed by atoms with van der Waals surface area (Å²) in [4.78, 5) is 2.21. The van der Waals surface area contributed by atoms with Crippen molar-refractivity contribution in [3.63, 3.8) is 0 Å². The van der Waals surface area contributed by atoms with Crippen LogP contribution in [0.15, 0.2) is 0 Å². The number of nitrogens with zero attached hydrogens (tertiary/aromatic N) is 1. The molecule has 0 saturated heterocycles. The maximum atomic E-state index is 11.5. The fourth-order valence-corrected chi connectivity index (χ4v) is 2.49. The molecule has 0 aliphatic rings. The predicted octanol–water partition coefficient (Wildman–Crippen LogP) is 1.12. The van der Waals surface area contributed by atoms with Crippen LogP contribution in [0.4, 0.5) is 0 Å². The molecule has 0 aliphatic carbocycles. The van der Waals surface area contributed by atoms with E-state index in [1.165, 1.54) is 0 Å². The van der Waals surface area contributed by atoms with Crippen LogP contribution >= 0.6 is 0 Å². The Labute approximate surface area is 106 Å². The third kappa shape index (κ3) is 7.73. The third-order valence-electron chi connectivity index (χ3n) is 2.90. The molecule has 0 heterocycles. The Morgan fingerprint density at radius 3 is 2.18 bits per heavy atom. The number of hydrogen-bond acceptors (Lipinski definition) is 4. The lowest BCUT2D eigenvalue weighted by molar-refractivity contribution is 0.191. The van der Waals surface area contributed by atoms with Crippen LogP contribution in [-0.2, 0) is 9.84 Å². The van der Waals surface area contributed by atoms with Gasteiger partial charge in [-0.1, -0.05) is 27.7 Å². The van der Waals surface area contributed by atoms with Crippen molar-refractivity contribution in [2.24, 2.45) is 11.1 Å². The molecule has 0 rings (SSSR count). The standard InChI is InChI=1S/C12H28N2O2S/c1-5-7-14(11-12(3,4)10-13)8-9-17(15,16)6-2/h5-11,13H2,1-4H3. The second-order valence-electron chi connectivity index (χ2n) is 5.38. The molecule has 0 aliphatic heterocycles. The maximum absolute atomic E-state index is 11.5. The van der Waals surface area contributed by atoms with Crippen LogP contribution in [0.5, 0.6) is 0 Å². The Bertz CT molecular complexity index is 300. The van der Waals surface area contributed by atoms with Gasteiger partial charge in [-0.25, -0.2) is 8.42 Å². The summed E-state index contributed by atoms with van der Waals surface area (Å²) < 4.78 is 23.0. The molecule has 0 saturated carbocycles. The Balaban J connectivity index is 4.35. The average Bonchev–Trinajstić information content (AvgIpc) is 2.26. The molecule has 0 aromatic carbocycles. The van der Waals surface area contributed by atoms with E-state index < -0.39 is 9.84 Å². The highest BCUT2D eigenvalue weighted by Gasteiger charge is 2.20. The molecule has 0 atom stereocenters. The molecular formula is C12H28N2O2S. The van der Waals surface area contributed by atoms with Crippen molar-refractivity contribution < 1.29 is 8.42 Å². The monoisotopic (exact) mass is 264 g/mol. The molecule has 17 heavy (non-hydrogen) atoms. The van der Waals surface area contributed by atoms with Gasteiger partial charge in [0.2, 0.25) is 0 Å². The first-order valence-corrected chi connectivity index (χ1v) is 8.21. The van der Waals surface area contributed by atoms with E-state index in [4.69, 9.17) is 5.73 Å². The molecule has 0 unspecified atom stereocenters. The van der Waals surface area contributed by atoms with E-state index in [0.29, 0.717) is 13.1 Å². The Kier molecular flexibility index (Phi) is 7.28. The lowest BCUT2D eigenvalue weighted by atomic mass is 9.93. The molecule has 0 bridgehead atoms. The van der Waals surface area contributed by atoms with Crippen molar-refractivity contribution in [2.75, 3.05) is 37.7 Å². The zero-order chi connectivity index (χ0) is 13.5. The molecule has 5 heteroatoms. The van der Waals surface area contributed by atoms with E-state index >= 15 is 0 Å². The van der Waals surface area contributed by atoms with Crippen LogP contribution in [0.1, 0.15) is 34.1 Å². The van der Waals surface area contributed by atoms with E-state index in [1.807, 2.05) is 0 Å². The third-order valence-corrected chi connectivity index (χ3v) is 4.59. The van der Waals surface area contributed by atoms with E-state index in [0.717, 1.165) is 19.5 Å². The van der Waals surface area contributed by atoms with Crippen molar-refractivity contribution in [2.45, 2.75) is 34.1 Å². The molecule has 104 valence electrons. The van der Waals surface area contributed by atoms with Gasteiger partial charge in [0.25, 0.3) is 0 Å². The highest BCUT2D eigenvalue weighted by molar-refractivity contribution is 7.91. The van der Waals surface area contributed by atoms with Crippen molar-refractivity contribution in [1.29, 1.82) is 0 Å². The van der Waals surface area contributed by atoms with Gasteiger partial charge in [-0.15, -0.1) is 0 Å². The topological polar surface area (TPSA) is 63.4 Å². The van der Waals surface area contributed by atoms with Gasteiger partial charge >= 0.3 is 0 Å². The summed E-state index contributed by atoms with van der Waals surface area (Å²) in [5.41, 5.74) is 5.76. The molecule has 0 aromatic rings. The summed E-state index contributed by atoms with van der Waals surface area (Å²) in [6.07, 6.45) is 1.03. The van der Waals surface area contributed by atoms with Gasteiger partial charge in [-0.05, 0) is 24.9 Å². The van der Waals surface area contributed by atoms with E-state index in [-0.39, 0.29) is 16.9 Å². The van der Waals surface area contributed by atoms with E-state index in [2.05, 4.69) is 25.7 Å². The summed E-state index contributed by atoms with van der Waals surface area (Å²) >= 11 is 0. The first kappa shape index (κ1) is 16.9. The maximum Gasteiger partial charge on any atom is 0.151 e. The zero-order valence-corrected chi connectivity index (χ0v) is 12.5. The van der Waals surface area contributed by atoms with Crippen LogP contribution < -0.4 is 5.73 Å². The number of sulfone groups is 1. The Morgan fingerprint density at radius 1 is 1.18 bits per heavy atom. The zero-order valence-electron chi connectivity index (χ0n) is 11.7. The highest BCUT2D eigenvalue weighted by atomic mass is 32.2. The van der Waals surface area contributed by atoms with E-state index in [1.54, 1.807) is 6.92 Å². The van der Waals surface area contributed by atoms with Crippen molar-refractivity contribution in [3.05, 3.63) is 0 Å². The first-order valence-electron chi connectivity index (χ1n) is 6.39. The smallest absolute Gasteiger partial charge is 0.151 e. The summed E-state index contributed by atoms with van der Waals surface area (Å²) in [6.45, 7) is 11.1. The number of hydrogen-bond donors (Lipinski definition) is 1. The lowest BCUT2D eigenvalue weighted by Gasteiger charge is -2.31. The molecule has 0 fully saturated rings. The normalized spacial score (nSPS) is 13.3. The second kappa shape index (κ2) is 7.34. The van der Waals surface area contributed by atoms with Gasteiger partial charge in [-0.3, -0.25) is 0 Å². The fourth-order valence-electron chi connectivity index (χ4n) is 1.67. The quantitative estimate of drug-likeness (QED) is 0.678. The molecular weight excluding hydrogens is 236 g/mol. The fraction of sp³-hybridized carbons (Fsp3) is 1.00. The summed E-state index contributed by atoms with van der Waals surface area (Å²) in [5.74, 6) is 0.484. The minimum Gasteiger partial charge on any atom is -0.330 e. The lowest BCUT2D eigenvalue weighted by Crippen LogP contribution is -2.41. The molecule has 4 nitrogen and oxygen atoms in total. The van der Waals surface area contributed by atoms with Crippen molar-refractivity contribution in [1.82, 2.24) is 4.90 Å². The summed E-state index contributed by atoms with van der Waals surface area (Å²) in [7, 11) is -2.87. The summed E-state index contributed by atoms with van der Waals surface area (Å²) in [5, 5.41) is 0. The van der Waals surface area contributed by atoms with Crippen molar-refractivity contribution in [3.8, 4) is 0 Å². The molecule has 0 amide bonds. The van der Waals surface area contributed by atoms with Gasteiger partial charge in [0.15, 0.2) is 9.84 Å². The van der Waals surface area contributed by atoms with Gasteiger partial charge in [0.1, 0.15) is 0 Å². The molecule has 0 aromatic heterocycles. The molecule has 0 radical (unpaired) electrons. The average molecular weight is 264 g/mol. The van der Waals surface area contributed by atoms with E-state index in [9.17, 15) is 8.42 Å². The SMILES string of the molecule is CCCN(CCS(=O)(=O)CC)CC(C)(C)CN. The van der Waals surface area contributed by atoms with Crippen LogP contribution in [0, 0.1) is 5.41 Å². The minimum absolute atomic E-state index is 0.0468. The van der Waals surface area contributed by atoms with Crippen LogP contribution in [0.25, 0.3) is 0 Å². The number of nitrogens with two attached hydrogens (primary N) is 1. The van der Waals surface area contributed by atoms with Crippen LogP contribution in [0.3, 0.4) is 0 Å². The van der Waals surface area contributed by atoms with Gasteiger partial charge in [0.05, 0.1) is 5.75 Å². The van der Waals surface area contributed by atoms with Gasteiger partial charge < -0.3 is 10.6 Å². The first-order chi connectivity index (χ1) is 7.76. The Hall–Kier alpha value is -0.130. The largest absolute Gasteiger partial charge is 0.330 e. The molecule has 0 spiro atoms. The van der Waals surface area contributed by atoms with Gasteiger partial charge in [0, 0.05) is 18.8 Å². The predicted molar refractivity (Wildman–Crippen MR) is 73.9 cm³/mol.